The predicted molar refractivity (Wildman–Crippen MR) is 168 cm³/mol. The SMILES string of the molecule is CC[C@H]1OC[C@@H](C)[C@H](O)[C@H](C)[C@@H](O[C@H]2O[C@H](C)C[C@H](N(C)C)[C@H]2O)[C@](C)(O)C[C@@H](C)C(=O)N(CCCN)C(C)[C@@H](O)[C@]1(C)O. The summed E-state index contributed by atoms with van der Waals surface area (Å²) in [5.74, 6) is -2.19. The lowest BCUT2D eigenvalue weighted by atomic mass is 9.78. The van der Waals surface area contributed by atoms with Gasteiger partial charge in [0.15, 0.2) is 6.29 Å². The van der Waals surface area contributed by atoms with Gasteiger partial charge in [-0.3, -0.25) is 4.79 Å². The van der Waals surface area contributed by atoms with Gasteiger partial charge in [-0.05, 0) is 74.0 Å². The lowest BCUT2D eigenvalue weighted by molar-refractivity contribution is -0.299. The van der Waals surface area contributed by atoms with Crippen molar-refractivity contribution in [2.24, 2.45) is 23.5 Å². The number of ether oxygens (including phenoxy) is 3. The molecule has 0 spiro atoms. The Bertz CT molecular complexity index is 891. The second kappa shape index (κ2) is 16.3. The van der Waals surface area contributed by atoms with Crippen molar-refractivity contribution in [3.8, 4) is 0 Å². The molecule has 0 aliphatic carbocycles. The van der Waals surface area contributed by atoms with Crippen LogP contribution in [-0.2, 0) is 19.0 Å². The van der Waals surface area contributed by atoms with Gasteiger partial charge < -0.3 is 55.3 Å². The van der Waals surface area contributed by atoms with E-state index in [2.05, 4.69) is 0 Å². The average molecular weight is 634 g/mol. The molecule has 2 saturated heterocycles. The van der Waals surface area contributed by atoms with Gasteiger partial charge in [-0.25, -0.2) is 0 Å². The maximum atomic E-state index is 14.0. The molecule has 0 aromatic rings. The summed E-state index contributed by atoms with van der Waals surface area (Å²) < 4.78 is 18.6. The fourth-order valence-corrected chi connectivity index (χ4v) is 7.13. The molecular weight excluding hydrogens is 570 g/mol. The fourth-order valence-electron chi connectivity index (χ4n) is 7.13. The highest BCUT2D eigenvalue weighted by Crippen LogP contribution is 2.36. The van der Waals surface area contributed by atoms with E-state index in [1.165, 1.54) is 11.8 Å². The van der Waals surface area contributed by atoms with Crippen LogP contribution in [0.2, 0.25) is 0 Å². The first-order valence-corrected chi connectivity index (χ1v) is 16.4. The van der Waals surface area contributed by atoms with E-state index in [1.807, 2.05) is 39.8 Å². The van der Waals surface area contributed by atoms with Gasteiger partial charge in [-0.1, -0.05) is 27.7 Å². The number of hydrogen-bond donors (Lipinski definition) is 6. The molecule has 2 aliphatic heterocycles. The second-order valence-electron chi connectivity index (χ2n) is 14.2. The molecule has 0 radical (unpaired) electrons. The zero-order chi connectivity index (χ0) is 33.7. The normalized spacial score (nSPS) is 45.7. The van der Waals surface area contributed by atoms with Crippen molar-refractivity contribution < 1.29 is 44.5 Å². The molecule has 0 bridgehead atoms. The molecule has 0 saturated carbocycles. The van der Waals surface area contributed by atoms with Crippen LogP contribution >= 0.6 is 0 Å². The Kier molecular flexibility index (Phi) is 14.5. The van der Waals surface area contributed by atoms with E-state index in [0.29, 0.717) is 25.8 Å². The van der Waals surface area contributed by atoms with E-state index in [0.717, 1.165) is 0 Å². The largest absolute Gasteiger partial charge is 0.392 e. The number of aliphatic hydroxyl groups is 5. The van der Waals surface area contributed by atoms with Crippen molar-refractivity contribution in [2.45, 2.75) is 147 Å². The zero-order valence-corrected chi connectivity index (χ0v) is 28.7. The van der Waals surface area contributed by atoms with Crippen LogP contribution in [0.15, 0.2) is 0 Å². The summed E-state index contributed by atoms with van der Waals surface area (Å²) >= 11 is 0. The Labute approximate surface area is 264 Å². The molecule has 1 amide bonds. The topological polar surface area (TPSA) is 178 Å². The monoisotopic (exact) mass is 633 g/mol. The molecule has 2 heterocycles. The summed E-state index contributed by atoms with van der Waals surface area (Å²) in [5.41, 5.74) is 2.43. The van der Waals surface area contributed by atoms with Crippen LogP contribution < -0.4 is 5.73 Å². The van der Waals surface area contributed by atoms with Gasteiger partial charge in [0.2, 0.25) is 5.91 Å². The maximum Gasteiger partial charge on any atom is 0.225 e. The van der Waals surface area contributed by atoms with Crippen LogP contribution in [-0.4, -0.2) is 141 Å². The summed E-state index contributed by atoms with van der Waals surface area (Å²) in [4.78, 5) is 17.4. The number of nitrogens with zero attached hydrogens (tertiary/aromatic N) is 2. The Morgan fingerprint density at radius 2 is 1.68 bits per heavy atom. The highest BCUT2D eigenvalue weighted by molar-refractivity contribution is 5.79. The van der Waals surface area contributed by atoms with Crippen LogP contribution in [0.3, 0.4) is 0 Å². The van der Waals surface area contributed by atoms with Gasteiger partial charge in [0.05, 0.1) is 42.7 Å². The van der Waals surface area contributed by atoms with Crippen LogP contribution in [0.1, 0.15) is 81.1 Å². The van der Waals surface area contributed by atoms with Gasteiger partial charge >= 0.3 is 0 Å². The Balaban J connectivity index is 2.58. The molecule has 2 rings (SSSR count). The van der Waals surface area contributed by atoms with Gasteiger partial charge in [0.1, 0.15) is 17.8 Å². The molecule has 7 N–H and O–H groups in total. The highest BCUT2D eigenvalue weighted by atomic mass is 16.7. The summed E-state index contributed by atoms with van der Waals surface area (Å²) in [6, 6.07) is -1.03. The van der Waals surface area contributed by atoms with Gasteiger partial charge in [0, 0.05) is 30.3 Å². The summed E-state index contributed by atoms with van der Waals surface area (Å²) in [6.07, 6.45) is -5.10. The minimum absolute atomic E-state index is 0.0379. The number of carbonyl (C=O) groups is 1. The standard InChI is InChI=1S/C32H63N3O9/c1-11-24-32(8,41)27(38)22(6)35(14-12-13-33)29(39)18(2)16-31(7,40)28(21(5)25(36)19(3)17-42-24)44-30-26(37)23(34(9)10)15-20(4)43-30/h18-28,30,36-38,40-41H,11-17,33H2,1-10H3/t18-,19-,20-,21+,22?,23+,24-,25+,26-,27-,28-,30-,31-,32-/m1/s1. The predicted octanol–water partition coefficient (Wildman–Crippen LogP) is 0.695. The third kappa shape index (κ3) is 9.11. The Hall–Kier alpha value is -0.930. The third-order valence-electron chi connectivity index (χ3n) is 9.93. The Morgan fingerprint density at radius 1 is 1.07 bits per heavy atom. The molecule has 1 unspecified atom stereocenters. The third-order valence-corrected chi connectivity index (χ3v) is 9.93. The number of nitrogens with two attached hydrogens (primary N) is 1. The number of likely N-dealkylation sites (N-methyl/N-ethyl adjacent to an activating group) is 1. The zero-order valence-electron chi connectivity index (χ0n) is 28.7. The van der Waals surface area contributed by atoms with Crippen LogP contribution in [0.5, 0.6) is 0 Å². The highest BCUT2D eigenvalue weighted by Gasteiger charge is 2.49. The number of amides is 1. The lowest BCUT2D eigenvalue weighted by Gasteiger charge is -2.46. The number of aliphatic hydroxyl groups excluding tert-OH is 3. The van der Waals surface area contributed by atoms with Crippen molar-refractivity contribution >= 4 is 5.91 Å². The summed E-state index contributed by atoms with van der Waals surface area (Å²) in [7, 11) is 3.75. The van der Waals surface area contributed by atoms with E-state index in [1.54, 1.807) is 27.7 Å². The van der Waals surface area contributed by atoms with Crippen LogP contribution in [0, 0.1) is 17.8 Å². The van der Waals surface area contributed by atoms with Crippen molar-refractivity contribution in [3.63, 3.8) is 0 Å². The van der Waals surface area contributed by atoms with Gasteiger partial charge in [-0.2, -0.15) is 0 Å². The van der Waals surface area contributed by atoms with Crippen LogP contribution in [0.25, 0.3) is 0 Å². The molecule has 14 atom stereocenters. The van der Waals surface area contributed by atoms with Crippen molar-refractivity contribution in [1.82, 2.24) is 9.80 Å². The Morgan fingerprint density at radius 3 is 2.23 bits per heavy atom. The smallest absolute Gasteiger partial charge is 0.225 e. The molecular formula is C32H63N3O9. The first-order valence-electron chi connectivity index (χ1n) is 16.4. The number of hydrogen-bond acceptors (Lipinski definition) is 11. The van der Waals surface area contributed by atoms with E-state index < -0.39 is 71.8 Å². The minimum atomic E-state index is -1.71. The maximum absolute atomic E-state index is 14.0. The lowest BCUT2D eigenvalue weighted by Crippen LogP contribution is -2.60. The summed E-state index contributed by atoms with van der Waals surface area (Å²) in [5, 5.41) is 57.8. The van der Waals surface area contributed by atoms with Crippen LogP contribution in [0.4, 0.5) is 0 Å². The van der Waals surface area contributed by atoms with Gasteiger partial charge in [0.25, 0.3) is 0 Å². The quantitative estimate of drug-likeness (QED) is 0.232. The first kappa shape index (κ1) is 39.2. The van der Waals surface area contributed by atoms with Crippen molar-refractivity contribution in [1.29, 1.82) is 0 Å². The van der Waals surface area contributed by atoms with E-state index in [9.17, 15) is 30.3 Å². The summed E-state index contributed by atoms with van der Waals surface area (Å²) in [6.45, 7) is 14.4. The molecule has 12 heteroatoms. The van der Waals surface area contributed by atoms with E-state index in [-0.39, 0.29) is 37.6 Å². The molecule has 0 aromatic carbocycles. The molecule has 44 heavy (non-hydrogen) atoms. The van der Waals surface area contributed by atoms with E-state index in [4.69, 9.17) is 19.9 Å². The number of rotatable bonds is 7. The average Bonchev–Trinajstić information content (AvgIpc) is 2.94. The molecule has 12 nitrogen and oxygen atoms in total. The second-order valence-corrected chi connectivity index (χ2v) is 14.2. The first-order chi connectivity index (χ1) is 20.3. The molecule has 2 aliphatic rings. The molecule has 260 valence electrons. The fraction of sp³-hybridized carbons (Fsp3) is 0.969. The van der Waals surface area contributed by atoms with Crippen molar-refractivity contribution in [3.05, 3.63) is 0 Å². The van der Waals surface area contributed by atoms with E-state index >= 15 is 0 Å². The molecule has 0 aromatic heterocycles. The number of carbonyl (C=O) groups excluding carboxylic acids is 1. The van der Waals surface area contributed by atoms with Crippen molar-refractivity contribution in [2.75, 3.05) is 33.8 Å². The minimum Gasteiger partial charge on any atom is -0.392 e. The molecule has 2 fully saturated rings. The van der Waals surface area contributed by atoms with Gasteiger partial charge in [-0.15, -0.1) is 0 Å².